The summed E-state index contributed by atoms with van der Waals surface area (Å²) in [5.41, 5.74) is 1.33. The zero-order valence-corrected chi connectivity index (χ0v) is 31.3. The molecule has 1 atom stereocenters. The number of hydrogen-bond donors (Lipinski definition) is 1. The van der Waals surface area contributed by atoms with Gasteiger partial charge in [0, 0.05) is 40.1 Å². The van der Waals surface area contributed by atoms with Crippen LogP contribution >= 0.6 is 27.5 Å². The summed E-state index contributed by atoms with van der Waals surface area (Å²) in [7, 11) is -3.32. The van der Waals surface area contributed by atoms with Gasteiger partial charge in [0.1, 0.15) is 18.3 Å². The maximum absolute atomic E-state index is 14.8. The zero-order valence-electron chi connectivity index (χ0n) is 28.1. The van der Waals surface area contributed by atoms with Crippen LogP contribution in [0.4, 0.5) is 11.4 Å². The Morgan fingerprint density at radius 1 is 1.00 bits per heavy atom. The number of amides is 2. The number of nitrogens with one attached hydrogen (secondary N) is 1. The molecular weight excluding hydrogens is 760 g/mol. The standard InChI is InChI=1S/C37H38BrClN4O7S/c1-25-12-18-31(22-32(25)43(46)47)51(48,49)42(33-21-29(39)17-19-35(33)50-2)24-36(44)41(23-27-13-15-28(38)16-14-27)34(20-26-8-4-3-5-9-26)37(45)40-30-10-6-7-11-30/h3-5,8-9,12-19,21-22,30,34H,6-7,10-11,20,23-24H2,1-2H3,(H,40,45). The minimum absolute atomic E-state index is 0.0156. The van der Waals surface area contributed by atoms with E-state index in [0.29, 0.717) is 5.56 Å². The summed E-state index contributed by atoms with van der Waals surface area (Å²) in [6, 6.07) is 23.4. The molecule has 11 nitrogen and oxygen atoms in total. The maximum atomic E-state index is 14.8. The quantitative estimate of drug-likeness (QED) is 0.105. The van der Waals surface area contributed by atoms with Crippen molar-refractivity contribution in [3.63, 3.8) is 0 Å². The number of carbonyl (C=O) groups is 2. The van der Waals surface area contributed by atoms with E-state index in [0.717, 1.165) is 46.1 Å². The molecule has 0 aromatic heterocycles. The minimum atomic E-state index is -4.67. The van der Waals surface area contributed by atoms with Crippen molar-refractivity contribution in [1.29, 1.82) is 0 Å². The summed E-state index contributed by atoms with van der Waals surface area (Å²) in [4.78, 5) is 41.2. The van der Waals surface area contributed by atoms with Crippen LogP contribution in [0.15, 0.2) is 100 Å². The Morgan fingerprint density at radius 3 is 2.33 bits per heavy atom. The van der Waals surface area contributed by atoms with E-state index in [2.05, 4.69) is 21.2 Å². The van der Waals surface area contributed by atoms with E-state index in [1.54, 1.807) is 0 Å². The van der Waals surface area contributed by atoms with Gasteiger partial charge in [-0.25, -0.2) is 8.42 Å². The molecule has 51 heavy (non-hydrogen) atoms. The van der Waals surface area contributed by atoms with E-state index in [9.17, 15) is 28.1 Å². The van der Waals surface area contributed by atoms with Crippen molar-refractivity contribution in [2.24, 2.45) is 0 Å². The Hall–Kier alpha value is -4.46. The van der Waals surface area contributed by atoms with Crippen molar-refractivity contribution in [3.05, 3.63) is 127 Å². The van der Waals surface area contributed by atoms with Crippen molar-refractivity contribution >= 4 is 60.7 Å². The van der Waals surface area contributed by atoms with E-state index in [-0.39, 0.29) is 46.9 Å². The SMILES string of the molecule is COc1ccc(Cl)cc1N(CC(=O)N(Cc1ccc(Br)cc1)C(Cc1ccccc1)C(=O)NC1CCCC1)S(=O)(=O)c1ccc(C)c([N+](=O)[O-])c1. The molecule has 1 aliphatic carbocycles. The number of sulfonamides is 1. The number of halogens is 2. The molecule has 0 radical (unpaired) electrons. The fourth-order valence-electron chi connectivity index (χ4n) is 6.15. The fourth-order valence-corrected chi connectivity index (χ4v) is 8.02. The Balaban J connectivity index is 1.63. The lowest BCUT2D eigenvalue weighted by Crippen LogP contribution is -2.54. The van der Waals surface area contributed by atoms with Crippen LogP contribution in [0.5, 0.6) is 5.75 Å². The molecular formula is C37H38BrClN4O7S. The summed E-state index contributed by atoms with van der Waals surface area (Å²) in [6.45, 7) is 0.705. The first kappa shape index (κ1) is 37.8. The van der Waals surface area contributed by atoms with Crippen LogP contribution in [-0.2, 0) is 32.6 Å². The minimum Gasteiger partial charge on any atom is -0.495 e. The van der Waals surface area contributed by atoms with E-state index in [1.165, 1.54) is 49.3 Å². The van der Waals surface area contributed by atoms with Crippen LogP contribution < -0.4 is 14.4 Å². The van der Waals surface area contributed by atoms with Gasteiger partial charge >= 0.3 is 0 Å². The van der Waals surface area contributed by atoms with Crippen molar-refractivity contribution in [1.82, 2.24) is 10.2 Å². The molecule has 4 aromatic rings. The number of carbonyl (C=O) groups excluding carboxylic acids is 2. The largest absolute Gasteiger partial charge is 0.495 e. The number of nitrogens with zero attached hydrogens (tertiary/aromatic N) is 3. The Morgan fingerprint density at radius 2 is 1.69 bits per heavy atom. The number of methoxy groups -OCH3 is 1. The predicted octanol–water partition coefficient (Wildman–Crippen LogP) is 7.22. The third kappa shape index (κ3) is 9.26. The van der Waals surface area contributed by atoms with Crippen molar-refractivity contribution in [2.45, 2.75) is 62.6 Å². The lowest BCUT2D eigenvalue weighted by atomic mass is 10.0. The molecule has 1 N–H and O–H groups in total. The molecule has 1 unspecified atom stereocenters. The lowest BCUT2D eigenvalue weighted by molar-refractivity contribution is -0.385. The lowest BCUT2D eigenvalue weighted by Gasteiger charge is -2.34. The van der Waals surface area contributed by atoms with Gasteiger partial charge in [0.15, 0.2) is 0 Å². The monoisotopic (exact) mass is 796 g/mol. The molecule has 2 amide bonds. The fraction of sp³-hybridized carbons (Fsp3) is 0.297. The summed E-state index contributed by atoms with van der Waals surface area (Å²) < 4.78 is 36.2. The van der Waals surface area contributed by atoms with Crippen LogP contribution in [0.3, 0.4) is 0 Å². The number of nitro groups is 1. The van der Waals surface area contributed by atoms with Gasteiger partial charge in [-0.15, -0.1) is 0 Å². The molecule has 0 spiro atoms. The van der Waals surface area contributed by atoms with Gasteiger partial charge in [0.25, 0.3) is 15.7 Å². The van der Waals surface area contributed by atoms with Gasteiger partial charge in [-0.2, -0.15) is 0 Å². The van der Waals surface area contributed by atoms with E-state index >= 15 is 0 Å². The molecule has 14 heteroatoms. The highest BCUT2D eigenvalue weighted by atomic mass is 79.9. The van der Waals surface area contributed by atoms with Crippen LogP contribution in [0.2, 0.25) is 5.02 Å². The first-order chi connectivity index (χ1) is 24.4. The average molecular weight is 798 g/mol. The van der Waals surface area contributed by atoms with Crippen LogP contribution in [0.1, 0.15) is 42.4 Å². The molecule has 4 aromatic carbocycles. The summed E-state index contributed by atoms with van der Waals surface area (Å²) in [6.07, 6.45) is 3.79. The first-order valence-electron chi connectivity index (χ1n) is 16.4. The van der Waals surface area contributed by atoms with Gasteiger partial charge in [-0.3, -0.25) is 24.0 Å². The molecule has 268 valence electrons. The number of rotatable bonds is 14. The van der Waals surface area contributed by atoms with Gasteiger partial charge in [0.05, 0.1) is 22.6 Å². The Kier molecular flexibility index (Phi) is 12.4. The molecule has 0 bridgehead atoms. The highest BCUT2D eigenvalue weighted by molar-refractivity contribution is 9.10. The highest BCUT2D eigenvalue weighted by Gasteiger charge is 2.37. The van der Waals surface area contributed by atoms with Gasteiger partial charge in [0.2, 0.25) is 11.8 Å². The molecule has 0 saturated heterocycles. The summed E-state index contributed by atoms with van der Waals surface area (Å²) in [5, 5.41) is 15.1. The highest BCUT2D eigenvalue weighted by Crippen LogP contribution is 2.36. The second-order valence-electron chi connectivity index (χ2n) is 12.4. The third-order valence-corrected chi connectivity index (χ3v) is 11.4. The molecule has 1 fully saturated rings. The topological polar surface area (TPSA) is 139 Å². The van der Waals surface area contributed by atoms with E-state index < -0.39 is 44.0 Å². The number of hydrogen-bond acceptors (Lipinski definition) is 7. The second kappa shape index (κ2) is 16.7. The van der Waals surface area contributed by atoms with E-state index in [4.69, 9.17) is 16.3 Å². The average Bonchev–Trinajstić information content (AvgIpc) is 3.62. The number of aryl methyl sites for hydroxylation is 1. The summed E-state index contributed by atoms with van der Waals surface area (Å²) >= 11 is 9.81. The molecule has 1 saturated carbocycles. The normalized spacial score (nSPS) is 13.7. The Labute approximate surface area is 310 Å². The molecule has 0 heterocycles. The number of benzene rings is 4. The number of anilines is 1. The van der Waals surface area contributed by atoms with Crippen LogP contribution in [-0.4, -0.2) is 55.8 Å². The molecule has 1 aliphatic rings. The molecule has 5 rings (SSSR count). The number of ether oxygens (including phenoxy) is 1. The maximum Gasteiger partial charge on any atom is 0.273 e. The van der Waals surface area contributed by atoms with Crippen LogP contribution in [0.25, 0.3) is 0 Å². The third-order valence-electron chi connectivity index (χ3n) is 8.89. The van der Waals surface area contributed by atoms with Gasteiger partial charge in [-0.1, -0.05) is 88.9 Å². The molecule has 0 aliphatic heterocycles. The summed E-state index contributed by atoms with van der Waals surface area (Å²) in [5.74, 6) is -0.940. The zero-order chi connectivity index (χ0) is 36.7. The van der Waals surface area contributed by atoms with Crippen molar-refractivity contribution in [3.8, 4) is 5.75 Å². The predicted molar refractivity (Wildman–Crippen MR) is 199 cm³/mol. The first-order valence-corrected chi connectivity index (χ1v) is 19.0. The number of nitro benzene ring substituents is 1. The van der Waals surface area contributed by atoms with E-state index in [1.807, 2.05) is 54.6 Å². The van der Waals surface area contributed by atoms with Crippen molar-refractivity contribution in [2.75, 3.05) is 18.0 Å². The van der Waals surface area contributed by atoms with Crippen molar-refractivity contribution < 1.29 is 27.7 Å². The second-order valence-corrected chi connectivity index (χ2v) is 15.6. The Bertz CT molecular complexity index is 1990. The van der Waals surface area contributed by atoms with Crippen LogP contribution in [0, 0.1) is 17.0 Å². The smallest absolute Gasteiger partial charge is 0.273 e. The van der Waals surface area contributed by atoms with Gasteiger partial charge in [-0.05, 0) is 67.3 Å². The van der Waals surface area contributed by atoms with Gasteiger partial charge < -0.3 is 15.0 Å².